The topological polar surface area (TPSA) is 120 Å². The molecule has 3 N–H and O–H groups in total. The van der Waals surface area contributed by atoms with Crippen molar-refractivity contribution in [3.63, 3.8) is 0 Å². The van der Waals surface area contributed by atoms with Crippen molar-refractivity contribution in [2.45, 2.75) is 13.3 Å². The van der Waals surface area contributed by atoms with E-state index in [0.717, 1.165) is 5.69 Å². The number of ether oxygens (including phenoxy) is 1. The molecule has 1 aliphatic heterocycles. The highest BCUT2D eigenvalue weighted by molar-refractivity contribution is 6.03. The highest BCUT2D eigenvalue weighted by atomic mass is 16.5. The maximum Gasteiger partial charge on any atom is 0.253 e. The molecule has 9 nitrogen and oxygen atoms in total. The first-order valence-corrected chi connectivity index (χ1v) is 10.6. The van der Waals surface area contributed by atoms with Crippen molar-refractivity contribution < 1.29 is 19.1 Å². The van der Waals surface area contributed by atoms with Crippen LogP contribution in [0.5, 0.6) is 5.75 Å². The van der Waals surface area contributed by atoms with Gasteiger partial charge in [0.05, 0.1) is 24.6 Å². The first kappa shape index (κ1) is 22.1. The standard InChI is InChI=1S/C24H25N5O4/c1-15(30)27-18-5-3-16(4-6-18)24(32)28-12-11-17(14-28)22(31)21-13-26-29(23(21)25)19-7-9-20(33-2)10-8-19/h3-10,13,17H,11-12,14,25H2,1-2H3,(H,27,30)/t17-/m0/s1. The van der Waals surface area contributed by atoms with Crippen LogP contribution in [0.25, 0.3) is 5.69 Å². The van der Waals surface area contributed by atoms with Crippen LogP contribution in [0.1, 0.15) is 34.1 Å². The smallest absolute Gasteiger partial charge is 0.253 e. The number of benzene rings is 2. The van der Waals surface area contributed by atoms with Gasteiger partial charge in [-0.2, -0.15) is 5.10 Å². The molecule has 1 aromatic heterocycles. The number of nitrogens with zero attached hydrogens (tertiary/aromatic N) is 3. The molecular formula is C24H25N5O4. The average Bonchev–Trinajstić information content (AvgIpc) is 3.46. The quantitative estimate of drug-likeness (QED) is 0.561. The number of likely N-dealkylation sites (tertiary alicyclic amines) is 1. The van der Waals surface area contributed by atoms with Crippen LogP contribution in [0.2, 0.25) is 0 Å². The van der Waals surface area contributed by atoms with Crippen molar-refractivity contribution in [1.29, 1.82) is 0 Å². The maximum atomic E-state index is 13.1. The van der Waals surface area contributed by atoms with Crippen LogP contribution in [-0.2, 0) is 4.79 Å². The van der Waals surface area contributed by atoms with E-state index in [4.69, 9.17) is 10.5 Å². The number of rotatable bonds is 6. The molecule has 0 saturated carbocycles. The number of carbonyl (C=O) groups is 3. The van der Waals surface area contributed by atoms with E-state index in [9.17, 15) is 14.4 Å². The van der Waals surface area contributed by atoms with Crippen molar-refractivity contribution >= 4 is 29.1 Å². The van der Waals surface area contributed by atoms with Crippen LogP contribution in [0.4, 0.5) is 11.5 Å². The number of hydrogen-bond donors (Lipinski definition) is 2. The van der Waals surface area contributed by atoms with Gasteiger partial charge in [-0.3, -0.25) is 14.4 Å². The van der Waals surface area contributed by atoms with E-state index in [-0.39, 0.29) is 29.3 Å². The number of anilines is 2. The number of nitrogens with one attached hydrogen (secondary N) is 1. The fraction of sp³-hybridized carbons (Fsp3) is 0.250. The zero-order chi connectivity index (χ0) is 23.5. The first-order valence-electron chi connectivity index (χ1n) is 10.6. The zero-order valence-corrected chi connectivity index (χ0v) is 18.4. The molecule has 2 amide bonds. The molecule has 33 heavy (non-hydrogen) atoms. The van der Waals surface area contributed by atoms with Crippen LogP contribution >= 0.6 is 0 Å². The van der Waals surface area contributed by atoms with Crippen molar-refractivity contribution in [2.24, 2.45) is 5.92 Å². The fourth-order valence-electron chi connectivity index (χ4n) is 3.94. The molecule has 3 aromatic rings. The monoisotopic (exact) mass is 447 g/mol. The summed E-state index contributed by atoms with van der Waals surface area (Å²) in [7, 11) is 1.59. The summed E-state index contributed by atoms with van der Waals surface area (Å²) < 4.78 is 6.68. The second-order valence-electron chi connectivity index (χ2n) is 7.91. The molecule has 0 aliphatic carbocycles. The van der Waals surface area contributed by atoms with Gasteiger partial charge < -0.3 is 20.7 Å². The number of aromatic nitrogens is 2. The largest absolute Gasteiger partial charge is 0.497 e. The Hall–Kier alpha value is -4.14. The molecule has 1 atom stereocenters. The van der Waals surface area contributed by atoms with E-state index in [1.165, 1.54) is 17.8 Å². The SMILES string of the molecule is COc1ccc(-n2ncc(C(=O)[C@H]3CCN(C(=O)c4ccc(NC(C)=O)cc4)C3)c2N)cc1. The van der Waals surface area contributed by atoms with E-state index in [2.05, 4.69) is 10.4 Å². The number of hydrogen-bond acceptors (Lipinski definition) is 6. The number of methoxy groups -OCH3 is 1. The molecule has 9 heteroatoms. The molecule has 2 aromatic carbocycles. The number of nitrogen functional groups attached to an aromatic ring is 1. The molecule has 0 unspecified atom stereocenters. The average molecular weight is 447 g/mol. The van der Waals surface area contributed by atoms with Gasteiger partial charge in [0.25, 0.3) is 5.91 Å². The lowest BCUT2D eigenvalue weighted by atomic mass is 9.98. The molecule has 0 radical (unpaired) electrons. The lowest BCUT2D eigenvalue weighted by Crippen LogP contribution is -2.30. The van der Waals surface area contributed by atoms with E-state index in [0.29, 0.717) is 42.1 Å². The predicted octanol–water partition coefficient (Wildman–Crippen LogP) is 2.77. The predicted molar refractivity (Wildman–Crippen MR) is 124 cm³/mol. The van der Waals surface area contributed by atoms with Gasteiger partial charge in [0.1, 0.15) is 11.6 Å². The number of Topliss-reactive ketones (excluding diaryl/α,β-unsaturated/α-hetero) is 1. The minimum Gasteiger partial charge on any atom is -0.497 e. The second-order valence-corrected chi connectivity index (χ2v) is 7.91. The van der Waals surface area contributed by atoms with Crippen LogP contribution in [-0.4, -0.2) is 52.5 Å². The summed E-state index contributed by atoms with van der Waals surface area (Å²) in [6, 6.07) is 13.9. The van der Waals surface area contributed by atoms with E-state index in [1.54, 1.807) is 48.4 Å². The molecule has 1 saturated heterocycles. The van der Waals surface area contributed by atoms with Crippen LogP contribution in [0.3, 0.4) is 0 Å². The third kappa shape index (κ3) is 4.57. The lowest BCUT2D eigenvalue weighted by Gasteiger charge is -2.16. The van der Waals surface area contributed by atoms with Gasteiger partial charge in [0, 0.05) is 37.2 Å². The molecule has 4 rings (SSSR count). The van der Waals surface area contributed by atoms with Crippen molar-refractivity contribution in [2.75, 3.05) is 31.2 Å². The normalized spacial score (nSPS) is 15.3. The Balaban J connectivity index is 1.44. The fourth-order valence-corrected chi connectivity index (χ4v) is 3.94. The third-order valence-corrected chi connectivity index (χ3v) is 5.69. The van der Waals surface area contributed by atoms with Gasteiger partial charge in [-0.1, -0.05) is 0 Å². The Labute approximate surface area is 191 Å². The van der Waals surface area contributed by atoms with Crippen molar-refractivity contribution in [3.8, 4) is 11.4 Å². The Morgan fingerprint density at radius 2 is 1.79 bits per heavy atom. The van der Waals surface area contributed by atoms with E-state index >= 15 is 0 Å². The summed E-state index contributed by atoms with van der Waals surface area (Å²) >= 11 is 0. The van der Waals surface area contributed by atoms with E-state index < -0.39 is 0 Å². The van der Waals surface area contributed by atoms with Gasteiger partial charge >= 0.3 is 0 Å². The Bertz CT molecular complexity index is 1180. The summed E-state index contributed by atoms with van der Waals surface area (Å²) in [5.74, 6) is 0.183. The molecule has 0 bridgehead atoms. The van der Waals surface area contributed by atoms with Crippen molar-refractivity contribution in [1.82, 2.24) is 14.7 Å². The summed E-state index contributed by atoms with van der Waals surface area (Å²) in [4.78, 5) is 38.8. The van der Waals surface area contributed by atoms with Crippen LogP contribution in [0.15, 0.2) is 54.7 Å². The third-order valence-electron chi connectivity index (χ3n) is 5.69. The number of nitrogens with two attached hydrogens (primary N) is 1. The van der Waals surface area contributed by atoms with Gasteiger partial charge in [0.15, 0.2) is 5.78 Å². The Morgan fingerprint density at radius 3 is 2.42 bits per heavy atom. The highest BCUT2D eigenvalue weighted by Gasteiger charge is 2.33. The summed E-state index contributed by atoms with van der Waals surface area (Å²) in [6.07, 6.45) is 2.04. The van der Waals surface area contributed by atoms with Crippen LogP contribution < -0.4 is 15.8 Å². The Kier molecular flexibility index (Phi) is 6.12. The van der Waals surface area contributed by atoms with Gasteiger partial charge in [-0.25, -0.2) is 4.68 Å². The minimum atomic E-state index is -0.344. The van der Waals surface area contributed by atoms with Gasteiger partial charge in [-0.05, 0) is 55.0 Å². The lowest BCUT2D eigenvalue weighted by molar-refractivity contribution is -0.114. The number of carbonyl (C=O) groups excluding carboxylic acids is 3. The summed E-state index contributed by atoms with van der Waals surface area (Å²) in [5.41, 5.74) is 8.45. The summed E-state index contributed by atoms with van der Waals surface area (Å²) in [6.45, 7) is 2.22. The molecule has 1 aliphatic rings. The number of ketones is 1. The molecule has 2 heterocycles. The van der Waals surface area contributed by atoms with E-state index in [1.807, 2.05) is 12.1 Å². The molecule has 0 spiro atoms. The first-order chi connectivity index (χ1) is 15.9. The molecule has 1 fully saturated rings. The van der Waals surface area contributed by atoms with Gasteiger partial charge in [-0.15, -0.1) is 0 Å². The molecular weight excluding hydrogens is 422 g/mol. The molecule has 170 valence electrons. The second kappa shape index (κ2) is 9.15. The van der Waals surface area contributed by atoms with Gasteiger partial charge in [0.2, 0.25) is 5.91 Å². The summed E-state index contributed by atoms with van der Waals surface area (Å²) in [5, 5.41) is 6.95. The van der Waals surface area contributed by atoms with Crippen LogP contribution in [0, 0.1) is 5.92 Å². The maximum absolute atomic E-state index is 13.1. The minimum absolute atomic E-state index is 0.122. The highest BCUT2D eigenvalue weighted by Crippen LogP contribution is 2.27. The zero-order valence-electron chi connectivity index (χ0n) is 18.4. The number of amides is 2. The van der Waals surface area contributed by atoms with Crippen molar-refractivity contribution in [3.05, 3.63) is 65.9 Å². The Morgan fingerprint density at radius 1 is 1.09 bits per heavy atom.